The van der Waals surface area contributed by atoms with Gasteiger partial charge in [-0.05, 0) is 104 Å². The van der Waals surface area contributed by atoms with Gasteiger partial charge in [-0.15, -0.1) is 0 Å². The monoisotopic (exact) mass is 1420 g/mol. The normalized spacial score (nSPS) is 17.0. The Kier molecular flexibility index (Phi) is 20.4. The summed E-state index contributed by atoms with van der Waals surface area (Å²) in [6.07, 6.45) is 13.7. The molecule has 9 heterocycles. The molecule has 0 bridgehead atoms. The van der Waals surface area contributed by atoms with E-state index in [1.54, 1.807) is 37.3 Å². The first kappa shape index (κ1) is 70.8. The lowest BCUT2D eigenvalue weighted by Crippen LogP contribution is -2.44. The highest BCUT2D eigenvalue weighted by Crippen LogP contribution is 2.45. The van der Waals surface area contributed by atoms with Gasteiger partial charge in [0, 0.05) is 93.0 Å². The summed E-state index contributed by atoms with van der Waals surface area (Å²) in [5, 5.41) is 11.9. The number of hydrogen-bond donors (Lipinski definition) is 0. The highest BCUT2D eigenvalue weighted by molar-refractivity contribution is 7.92. The fourth-order valence-corrected chi connectivity index (χ4v) is 14.7. The van der Waals surface area contributed by atoms with Crippen LogP contribution in [0.25, 0.3) is 33.5 Å². The highest BCUT2D eigenvalue weighted by atomic mass is 35.5. The van der Waals surface area contributed by atoms with Gasteiger partial charge in [-0.1, -0.05) is 182 Å². The minimum atomic E-state index is -2.47. The van der Waals surface area contributed by atoms with Crippen LogP contribution >= 0.6 is 11.6 Å². The molecule has 0 spiro atoms. The summed E-state index contributed by atoms with van der Waals surface area (Å²) < 4.78 is 61.0. The van der Waals surface area contributed by atoms with E-state index in [0.29, 0.717) is 67.7 Å². The molecule has 15 rings (SSSR count). The van der Waals surface area contributed by atoms with Crippen LogP contribution in [0.3, 0.4) is 0 Å². The smallest absolute Gasteiger partial charge is 0.399 e. The second-order valence-electron chi connectivity index (χ2n) is 27.1. The van der Waals surface area contributed by atoms with E-state index in [-0.39, 0.29) is 17.4 Å². The molecule has 3 saturated heterocycles. The van der Waals surface area contributed by atoms with E-state index >= 15 is 0 Å². The average molecular weight is 1420 g/mol. The maximum Gasteiger partial charge on any atom is 0.495 e. The van der Waals surface area contributed by atoms with Crippen molar-refractivity contribution in [2.75, 3.05) is 74.3 Å². The van der Waals surface area contributed by atoms with Crippen LogP contribution in [-0.4, -0.2) is 153 Å². The van der Waals surface area contributed by atoms with Gasteiger partial charge in [0.05, 0.1) is 67.5 Å². The first-order valence-electron chi connectivity index (χ1n) is 33.9. The Morgan fingerprint density at radius 1 is 0.490 bits per heavy atom. The number of pyridine rings is 2. The van der Waals surface area contributed by atoms with E-state index in [4.69, 9.17) is 60.5 Å². The maximum absolute atomic E-state index is 12.8. The minimum Gasteiger partial charge on any atom is -0.399 e. The van der Waals surface area contributed by atoms with E-state index in [0.717, 1.165) is 67.4 Å². The van der Waals surface area contributed by atoms with Crippen molar-refractivity contribution in [2.45, 2.75) is 75.9 Å². The van der Waals surface area contributed by atoms with E-state index in [1.165, 1.54) is 0 Å². The Labute approximate surface area is 602 Å². The zero-order valence-corrected chi connectivity index (χ0v) is 61.2. The topological polar surface area (TPSA) is 215 Å². The molecule has 6 aromatic heterocycles. The van der Waals surface area contributed by atoms with Gasteiger partial charge in [0.1, 0.15) is 22.7 Å². The molecule has 102 heavy (non-hydrogen) atoms. The number of aromatic nitrogens is 10. The molecule has 6 aromatic carbocycles. The largest absolute Gasteiger partial charge is 0.495 e. The van der Waals surface area contributed by atoms with Crippen LogP contribution in [0.15, 0.2) is 240 Å². The number of rotatable bonds is 14. The fraction of sp³-hybridized carbons (Fsp3) is 0.282. The summed E-state index contributed by atoms with van der Waals surface area (Å²) in [7, 11) is -5.25. The molecule has 3 aliphatic rings. The molecule has 2 atom stereocenters. The highest BCUT2D eigenvalue weighted by Gasteiger charge is 2.53. The summed E-state index contributed by atoms with van der Waals surface area (Å²) in [5.74, 6) is 2.60. The molecule has 0 saturated carbocycles. The quantitative estimate of drug-likeness (QED) is 0.0562. The van der Waals surface area contributed by atoms with Crippen LogP contribution in [0.2, 0.25) is 5.28 Å². The molecular formula is C78H82BClN14O6S2. The van der Waals surface area contributed by atoms with Crippen LogP contribution < -0.4 is 15.3 Å². The van der Waals surface area contributed by atoms with E-state index in [9.17, 15) is 8.42 Å². The van der Waals surface area contributed by atoms with E-state index in [2.05, 4.69) is 220 Å². The van der Waals surface area contributed by atoms with E-state index < -0.39 is 48.9 Å². The molecule has 3 aliphatic heterocycles. The summed E-state index contributed by atoms with van der Waals surface area (Å²) in [6.45, 7) is 16.3. The zero-order chi connectivity index (χ0) is 71.4. The maximum atomic E-state index is 12.8. The predicted molar refractivity (Wildman–Crippen MR) is 407 cm³/mol. The number of ether oxygens (including phenoxy) is 2. The van der Waals surface area contributed by atoms with Gasteiger partial charge in [0.25, 0.3) is 0 Å². The lowest BCUT2D eigenvalue weighted by Gasteiger charge is -2.36. The SMILES string of the molecule is CC1(C)OB(c2ccnc3c2cnn3C(c2ccccc2)(c2ccccc2)c2ccccc2)OC1(C)C.C[C@@H]1COCCN1c1cc(N=S(C)(C)=O)nc(-c2ccnc3c2cnn3C(c2ccccc2)(c2ccccc2)c2ccccc2)n1.C[C@@H]1COCCN1c1cc(N=S(C)(C)=O)nc(Cl)n1. The number of morpholine rings is 2. The van der Waals surface area contributed by atoms with Crippen molar-refractivity contribution in [1.82, 2.24) is 49.5 Å². The number of halogens is 1. The Morgan fingerprint density at radius 3 is 1.25 bits per heavy atom. The molecule has 0 amide bonds. The van der Waals surface area contributed by atoms with Crippen molar-refractivity contribution in [3.8, 4) is 11.4 Å². The van der Waals surface area contributed by atoms with Crippen LogP contribution in [0.4, 0.5) is 23.3 Å². The van der Waals surface area contributed by atoms with Crippen molar-refractivity contribution in [3.05, 3.63) is 270 Å². The van der Waals surface area contributed by atoms with Crippen LogP contribution in [0.1, 0.15) is 74.9 Å². The standard InChI is InChI=1S/C36H35N7O2S.C31H30BN3O2.C11H17ClN4O2S/c1-26-25-45-22-21-42(26)33-23-32(41-46(2,3)44)39-34(40-33)30-19-20-37-35-31(30)24-38-43(35)36(27-13-7-4-8-14-27,28-15-9-5-10-16-28)29-17-11-6-12-18-29;1-29(2)30(3,4)37-32(36-29)27-20-21-33-28-26(27)22-34-35(28)31(23-14-8-5-9-15-23,24-16-10-6-11-17-24)25-18-12-7-13-19-25;1-8-7-18-5-4-16(8)10-6-9(13-11(12)14-10)15-19(2,3)17/h4-20,23-24,26H,21-22,25H2,1-3H3;5-22H,1-4H3;6,8H,4-5,7H2,1-3H3/t26-;;8-/m1.1/s1. The minimum absolute atomic E-state index is 0.110. The lowest BCUT2D eigenvalue weighted by molar-refractivity contribution is 0.00578. The van der Waals surface area contributed by atoms with Gasteiger partial charge in [0.2, 0.25) is 5.28 Å². The van der Waals surface area contributed by atoms with Gasteiger partial charge in [0.15, 0.2) is 28.8 Å². The van der Waals surface area contributed by atoms with Crippen molar-refractivity contribution in [2.24, 2.45) is 8.73 Å². The van der Waals surface area contributed by atoms with Crippen LogP contribution in [-0.2, 0) is 49.3 Å². The number of hydrogen-bond acceptors (Lipinski definition) is 18. The number of benzene rings is 6. The Balaban J connectivity index is 0.000000148. The molecule has 522 valence electrons. The first-order chi connectivity index (χ1) is 49.0. The van der Waals surface area contributed by atoms with Gasteiger partial charge >= 0.3 is 7.12 Å². The molecule has 0 radical (unpaired) electrons. The van der Waals surface area contributed by atoms with Crippen molar-refractivity contribution >= 4 is 89.0 Å². The summed E-state index contributed by atoms with van der Waals surface area (Å²) in [6, 6.07) is 70.4. The van der Waals surface area contributed by atoms with Crippen LogP contribution in [0, 0.1) is 0 Å². The van der Waals surface area contributed by atoms with Crippen molar-refractivity contribution in [3.63, 3.8) is 0 Å². The molecule has 3 fully saturated rings. The summed E-state index contributed by atoms with van der Waals surface area (Å²) >= 11 is 5.91. The van der Waals surface area contributed by atoms with Gasteiger partial charge in [-0.25, -0.2) is 42.7 Å². The second-order valence-corrected chi connectivity index (χ2v) is 32.5. The first-order valence-corrected chi connectivity index (χ1v) is 38.9. The molecule has 0 aliphatic carbocycles. The number of nitrogens with zero attached hydrogens (tertiary/aromatic N) is 14. The third-order valence-corrected chi connectivity index (χ3v) is 20.3. The van der Waals surface area contributed by atoms with Gasteiger partial charge in [-0.2, -0.15) is 23.9 Å². The second kappa shape index (κ2) is 29.4. The summed E-state index contributed by atoms with van der Waals surface area (Å²) in [5.41, 5.74) is 7.11. The molecule has 12 aromatic rings. The molecule has 0 unspecified atom stereocenters. The van der Waals surface area contributed by atoms with Gasteiger partial charge in [-0.3, -0.25) is 0 Å². The Morgan fingerprint density at radius 2 is 0.853 bits per heavy atom. The Bertz CT molecular complexity index is 4960. The van der Waals surface area contributed by atoms with Crippen molar-refractivity contribution < 1.29 is 27.2 Å². The Hall–Kier alpha value is -9.59. The lowest BCUT2D eigenvalue weighted by atomic mass is 9.76. The molecule has 20 nitrogen and oxygen atoms in total. The van der Waals surface area contributed by atoms with Crippen molar-refractivity contribution in [1.29, 1.82) is 0 Å². The molecule has 24 heteroatoms. The number of anilines is 2. The fourth-order valence-electron chi connectivity index (χ4n) is 13.5. The third kappa shape index (κ3) is 14.5. The predicted octanol–water partition coefficient (Wildman–Crippen LogP) is 13.6. The summed E-state index contributed by atoms with van der Waals surface area (Å²) in [4.78, 5) is 32.1. The number of fused-ring (bicyclic) bond motifs is 2. The third-order valence-electron chi connectivity index (χ3n) is 18.8. The van der Waals surface area contributed by atoms with Gasteiger partial charge < -0.3 is 28.6 Å². The average Bonchev–Trinajstić information content (AvgIpc) is 1.45. The zero-order valence-electron chi connectivity index (χ0n) is 58.8. The molecule has 0 N–H and O–H groups in total. The van der Waals surface area contributed by atoms with Crippen LogP contribution in [0.5, 0.6) is 0 Å². The van der Waals surface area contributed by atoms with E-state index in [1.807, 2.05) is 77.9 Å². The molecular weight excluding hydrogens is 1340 g/mol.